The van der Waals surface area contributed by atoms with Crippen LogP contribution in [0, 0.1) is 0 Å². The summed E-state index contributed by atoms with van der Waals surface area (Å²) in [7, 11) is 0. The molecule has 0 unspecified atom stereocenters. The van der Waals surface area contributed by atoms with Crippen LogP contribution in [-0.4, -0.2) is 77.9 Å². The van der Waals surface area contributed by atoms with Crippen LogP contribution in [0.4, 0.5) is 0 Å². The number of hydrogen-bond donors (Lipinski definition) is 6. The number of esters is 1. The van der Waals surface area contributed by atoms with Crippen LogP contribution < -0.4 is 21.7 Å². The number of amides is 3. The van der Waals surface area contributed by atoms with Crippen LogP contribution in [0.3, 0.4) is 0 Å². The van der Waals surface area contributed by atoms with Gasteiger partial charge in [-0.05, 0) is 57.9 Å². The summed E-state index contributed by atoms with van der Waals surface area (Å²) in [5, 5.41) is 29.7. The number of hydrogen-bond acceptors (Lipinski definition) is 8. The van der Waals surface area contributed by atoms with Crippen molar-refractivity contribution in [1.82, 2.24) is 16.0 Å². The third kappa shape index (κ3) is 41.8. The smallest absolute Gasteiger partial charge is 0.306 e. The van der Waals surface area contributed by atoms with E-state index in [-0.39, 0.29) is 55.6 Å². The number of carbonyl (C=O) groups excluding carboxylic acids is 4. The number of rotatable bonds is 48. The van der Waals surface area contributed by atoms with Gasteiger partial charge >= 0.3 is 5.97 Å². The molecule has 0 aromatic rings. The zero-order chi connectivity index (χ0) is 45.7. The molecule has 3 amide bonds. The van der Waals surface area contributed by atoms with E-state index >= 15 is 0 Å². The number of nitrogens with one attached hydrogen (secondary N) is 3. The third-order valence-corrected chi connectivity index (χ3v) is 12.1. The Morgan fingerprint density at radius 1 is 0.500 bits per heavy atom. The molecule has 0 bridgehead atoms. The van der Waals surface area contributed by atoms with Crippen LogP contribution in [0.5, 0.6) is 0 Å². The van der Waals surface area contributed by atoms with Gasteiger partial charge in [-0.15, -0.1) is 0 Å². The Balaban J connectivity index is 4.89. The van der Waals surface area contributed by atoms with E-state index in [1.54, 1.807) is 0 Å². The van der Waals surface area contributed by atoms with Crippen LogP contribution in [0.2, 0.25) is 0 Å². The lowest BCUT2D eigenvalue weighted by atomic mass is 10.0. The van der Waals surface area contributed by atoms with Crippen LogP contribution in [0.1, 0.15) is 258 Å². The minimum Gasteiger partial charge on any atom is -0.462 e. The van der Waals surface area contributed by atoms with E-state index in [1.807, 2.05) is 0 Å². The maximum atomic E-state index is 13.5. The van der Waals surface area contributed by atoms with Crippen molar-refractivity contribution in [3.63, 3.8) is 0 Å². The van der Waals surface area contributed by atoms with Gasteiger partial charge in [0.05, 0.1) is 31.6 Å². The minimum atomic E-state index is -0.677. The summed E-state index contributed by atoms with van der Waals surface area (Å²) in [5.41, 5.74) is 5.42. The molecule has 0 fully saturated rings. The van der Waals surface area contributed by atoms with E-state index < -0.39 is 18.2 Å². The highest BCUT2D eigenvalue weighted by atomic mass is 16.5. The second-order valence-electron chi connectivity index (χ2n) is 18.4. The van der Waals surface area contributed by atoms with Gasteiger partial charge in [0.1, 0.15) is 6.10 Å². The highest BCUT2D eigenvalue weighted by molar-refractivity contribution is 5.78. The van der Waals surface area contributed by atoms with Gasteiger partial charge in [0.2, 0.25) is 17.7 Å². The lowest BCUT2D eigenvalue weighted by Crippen LogP contribution is -2.44. The SMILES string of the molecule is CCCCCCCCCCCC(=O)O[C@H](CCCCCCCCCCC)CC(=O)N[C@@H](CCCC(N)=O)CNCCC[C@H](CO)NC(=O)C[C@H](O)CCCCCCCCCCC. The molecule has 62 heavy (non-hydrogen) atoms. The summed E-state index contributed by atoms with van der Waals surface area (Å²) >= 11 is 0. The van der Waals surface area contributed by atoms with E-state index in [0.717, 1.165) is 51.4 Å². The van der Waals surface area contributed by atoms with Gasteiger partial charge in [0.25, 0.3) is 0 Å². The monoisotopic (exact) mass is 881 g/mol. The first-order valence-corrected chi connectivity index (χ1v) is 26.2. The number of unbranched alkanes of at least 4 members (excludes halogenated alkanes) is 24. The van der Waals surface area contributed by atoms with Crippen molar-refractivity contribution in [3.05, 3.63) is 0 Å². The number of ether oxygens (including phenoxy) is 1. The van der Waals surface area contributed by atoms with Gasteiger partial charge in [-0.1, -0.05) is 181 Å². The molecule has 4 atom stereocenters. The molecule has 0 rings (SSSR count). The highest BCUT2D eigenvalue weighted by Crippen LogP contribution is 2.17. The average Bonchev–Trinajstić information content (AvgIpc) is 3.23. The molecular formula is C51H100N4O7. The largest absolute Gasteiger partial charge is 0.462 e. The number of aliphatic hydroxyl groups is 2. The second-order valence-corrected chi connectivity index (χ2v) is 18.4. The molecule has 0 aromatic heterocycles. The van der Waals surface area contributed by atoms with Gasteiger partial charge < -0.3 is 36.6 Å². The molecule has 11 heteroatoms. The summed E-state index contributed by atoms with van der Waals surface area (Å²) in [6.45, 7) is 7.59. The van der Waals surface area contributed by atoms with E-state index in [0.29, 0.717) is 58.0 Å². The van der Waals surface area contributed by atoms with Crippen molar-refractivity contribution in [1.29, 1.82) is 0 Å². The summed E-state index contributed by atoms with van der Waals surface area (Å²) in [6, 6.07) is -0.644. The van der Waals surface area contributed by atoms with Crippen molar-refractivity contribution in [2.75, 3.05) is 19.7 Å². The second kappa shape index (κ2) is 45.3. The molecular weight excluding hydrogens is 781 g/mol. The summed E-state index contributed by atoms with van der Waals surface area (Å²) in [5.74, 6) is -1.02. The van der Waals surface area contributed by atoms with Gasteiger partial charge in [0.15, 0.2) is 0 Å². The molecule has 0 heterocycles. The Hall–Kier alpha value is -2.24. The highest BCUT2D eigenvalue weighted by Gasteiger charge is 2.21. The number of carbonyl (C=O) groups is 4. The van der Waals surface area contributed by atoms with Gasteiger partial charge in [0, 0.05) is 25.4 Å². The summed E-state index contributed by atoms with van der Waals surface area (Å²) < 4.78 is 5.96. The minimum absolute atomic E-state index is 0.0387. The fourth-order valence-corrected chi connectivity index (χ4v) is 8.20. The fourth-order valence-electron chi connectivity index (χ4n) is 8.20. The first-order valence-electron chi connectivity index (χ1n) is 26.2. The lowest BCUT2D eigenvalue weighted by molar-refractivity contribution is -0.151. The zero-order valence-corrected chi connectivity index (χ0v) is 40.6. The lowest BCUT2D eigenvalue weighted by Gasteiger charge is -2.23. The Kier molecular flexibility index (Phi) is 43.7. The van der Waals surface area contributed by atoms with Crippen molar-refractivity contribution < 1.29 is 34.1 Å². The molecule has 0 aliphatic rings. The number of primary amides is 1. The predicted octanol–water partition coefficient (Wildman–Crippen LogP) is 10.8. The molecule has 366 valence electrons. The first kappa shape index (κ1) is 59.8. The average molecular weight is 881 g/mol. The van der Waals surface area contributed by atoms with Crippen LogP contribution in [-0.2, 0) is 23.9 Å². The van der Waals surface area contributed by atoms with E-state index in [1.165, 1.54) is 122 Å². The fraction of sp³-hybridized carbons (Fsp3) is 0.922. The zero-order valence-electron chi connectivity index (χ0n) is 40.6. The molecule has 0 aliphatic carbocycles. The normalized spacial score (nSPS) is 13.4. The molecule has 11 nitrogen and oxygen atoms in total. The standard InChI is InChI=1S/C51H100N4O7/c1-4-7-10-13-16-19-22-25-28-35-46(57)40-49(59)55-45(43-56)34-32-39-53-42-44(33-31-37-48(52)58)54-50(60)41-47(36-29-26-23-20-17-14-11-8-5-2)62-51(61)38-30-27-24-21-18-15-12-9-6-3/h44-47,53,56-57H,4-43H2,1-3H3,(H2,52,58)(H,54,60)(H,55,59)/t44-,45+,46+,47+/m0/s1. The Morgan fingerprint density at radius 3 is 1.44 bits per heavy atom. The van der Waals surface area contributed by atoms with Crippen molar-refractivity contribution in [3.8, 4) is 0 Å². The Labute approximate surface area is 380 Å². The van der Waals surface area contributed by atoms with Crippen molar-refractivity contribution >= 4 is 23.7 Å². The van der Waals surface area contributed by atoms with Crippen LogP contribution >= 0.6 is 0 Å². The summed E-state index contributed by atoms with van der Waals surface area (Å²) in [4.78, 5) is 50.5. The maximum absolute atomic E-state index is 13.5. The van der Waals surface area contributed by atoms with Crippen molar-refractivity contribution in [2.24, 2.45) is 5.73 Å². The van der Waals surface area contributed by atoms with Gasteiger partial charge in [-0.3, -0.25) is 19.2 Å². The molecule has 0 spiro atoms. The number of aliphatic hydroxyl groups excluding tert-OH is 2. The van der Waals surface area contributed by atoms with E-state index in [9.17, 15) is 29.4 Å². The molecule has 7 N–H and O–H groups in total. The molecule has 0 aliphatic heterocycles. The molecule has 0 saturated heterocycles. The topological polar surface area (TPSA) is 180 Å². The van der Waals surface area contributed by atoms with E-state index in [2.05, 4.69) is 36.7 Å². The van der Waals surface area contributed by atoms with E-state index in [4.69, 9.17) is 10.5 Å². The van der Waals surface area contributed by atoms with Crippen molar-refractivity contribution in [2.45, 2.75) is 283 Å². The van der Waals surface area contributed by atoms with Gasteiger partial charge in [-0.2, -0.15) is 0 Å². The predicted molar refractivity (Wildman–Crippen MR) is 257 cm³/mol. The maximum Gasteiger partial charge on any atom is 0.306 e. The van der Waals surface area contributed by atoms with Crippen LogP contribution in [0.25, 0.3) is 0 Å². The Morgan fingerprint density at radius 2 is 0.935 bits per heavy atom. The number of nitrogens with two attached hydrogens (primary N) is 1. The quantitative estimate of drug-likeness (QED) is 0.0258. The van der Waals surface area contributed by atoms with Gasteiger partial charge in [-0.25, -0.2) is 0 Å². The Bertz CT molecular complexity index is 1050. The molecule has 0 radical (unpaired) electrons. The third-order valence-electron chi connectivity index (χ3n) is 12.1. The molecule has 0 aromatic carbocycles. The molecule has 0 saturated carbocycles. The van der Waals surface area contributed by atoms with Crippen LogP contribution in [0.15, 0.2) is 0 Å². The summed E-state index contributed by atoms with van der Waals surface area (Å²) in [6.07, 6.45) is 35.4. The first-order chi connectivity index (χ1) is 30.1.